The van der Waals surface area contributed by atoms with Crippen molar-refractivity contribution in [3.8, 4) is 11.1 Å². The topological polar surface area (TPSA) is 88.4 Å². The molecule has 4 rings (SSSR count). The van der Waals surface area contributed by atoms with Gasteiger partial charge < -0.3 is 15.0 Å². The lowest BCUT2D eigenvalue weighted by Gasteiger charge is -2.25. The van der Waals surface area contributed by atoms with E-state index in [0.29, 0.717) is 29.0 Å². The first kappa shape index (κ1) is 30.8. The third kappa shape index (κ3) is 7.77. The summed E-state index contributed by atoms with van der Waals surface area (Å²) in [5.41, 5.74) is 5.88. The zero-order chi connectivity index (χ0) is 30.2. The standard InChI is InChI=1S/C35H37ClN2O4/c1-4-5-10-32(38-22-24(3)19-29(35(38)42)20-28-8-6-7-9-30(28)36)34(41)37-31(21-33(39)40)27-17-15-26(16-18-27)25-13-11-23(2)12-14-25/h6-9,11-19,22,31-32H,4-5,10,20-21H2,1-3H3,(H,37,41)(H,39,40)/t31-,32-/m0/s1. The Morgan fingerprint density at radius 2 is 1.55 bits per heavy atom. The summed E-state index contributed by atoms with van der Waals surface area (Å²) in [7, 11) is 0. The van der Waals surface area contributed by atoms with Gasteiger partial charge in [-0.1, -0.05) is 104 Å². The number of carbonyl (C=O) groups excluding carboxylic acids is 1. The highest BCUT2D eigenvalue weighted by molar-refractivity contribution is 6.31. The minimum Gasteiger partial charge on any atom is -0.481 e. The summed E-state index contributed by atoms with van der Waals surface area (Å²) in [6, 6.07) is 23.4. The van der Waals surface area contributed by atoms with Crippen molar-refractivity contribution in [1.29, 1.82) is 0 Å². The number of hydrogen-bond donors (Lipinski definition) is 2. The molecule has 0 bridgehead atoms. The number of pyridine rings is 1. The molecule has 0 radical (unpaired) electrons. The predicted molar refractivity (Wildman–Crippen MR) is 168 cm³/mol. The molecule has 6 nitrogen and oxygen atoms in total. The van der Waals surface area contributed by atoms with Gasteiger partial charge in [-0.05, 0) is 60.2 Å². The lowest BCUT2D eigenvalue weighted by Crippen LogP contribution is -2.40. The fourth-order valence-electron chi connectivity index (χ4n) is 5.17. The summed E-state index contributed by atoms with van der Waals surface area (Å²) in [6.45, 7) is 5.95. The number of aromatic nitrogens is 1. The lowest BCUT2D eigenvalue weighted by atomic mass is 9.98. The van der Waals surface area contributed by atoms with Crippen LogP contribution in [0.1, 0.15) is 72.5 Å². The summed E-state index contributed by atoms with van der Waals surface area (Å²) in [4.78, 5) is 39.4. The number of carbonyl (C=O) groups is 2. The molecular formula is C35H37ClN2O4. The molecule has 218 valence electrons. The van der Waals surface area contributed by atoms with Crippen molar-refractivity contribution >= 4 is 23.5 Å². The van der Waals surface area contributed by atoms with E-state index < -0.39 is 18.1 Å². The fraction of sp³-hybridized carbons (Fsp3) is 0.286. The maximum Gasteiger partial charge on any atom is 0.305 e. The molecule has 1 amide bonds. The van der Waals surface area contributed by atoms with Crippen LogP contribution < -0.4 is 10.9 Å². The molecule has 2 N–H and O–H groups in total. The van der Waals surface area contributed by atoms with Crippen LogP contribution in [0.5, 0.6) is 0 Å². The van der Waals surface area contributed by atoms with Crippen LogP contribution in [0.25, 0.3) is 11.1 Å². The number of aliphatic carboxylic acids is 1. The molecule has 0 aliphatic carbocycles. The van der Waals surface area contributed by atoms with Crippen LogP contribution >= 0.6 is 11.6 Å². The van der Waals surface area contributed by atoms with E-state index in [2.05, 4.69) is 5.32 Å². The second-order valence-corrected chi connectivity index (χ2v) is 11.2. The normalized spacial score (nSPS) is 12.5. The highest BCUT2D eigenvalue weighted by Crippen LogP contribution is 2.26. The third-order valence-corrected chi connectivity index (χ3v) is 7.82. The Morgan fingerprint density at radius 3 is 2.17 bits per heavy atom. The van der Waals surface area contributed by atoms with Crippen LogP contribution in [0.15, 0.2) is 89.9 Å². The Morgan fingerprint density at radius 1 is 0.905 bits per heavy atom. The number of carboxylic acids is 1. The Kier molecular flexibility index (Phi) is 10.4. The van der Waals surface area contributed by atoms with Gasteiger partial charge in [-0.2, -0.15) is 0 Å². The maximum absolute atomic E-state index is 13.8. The first-order valence-corrected chi connectivity index (χ1v) is 14.7. The van der Waals surface area contributed by atoms with E-state index in [0.717, 1.165) is 35.1 Å². The number of rotatable bonds is 12. The van der Waals surface area contributed by atoms with Crippen molar-refractivity contribution in [2.24, 2.45) is 0 Å². The van der Waals surface area contributed by atoms with Crippen LogP contribution in [-0.2, 0) is 16.0 Å². The monoisotopic (exact) mass is 584 g/mol. The molecule has 0 aliphatic rings. The number of halogens is 1. The molecule has 0 spiro atoms. The molecule has 0 unspecified atom stereocenters. The van der Waals surface area contributed by atoms with Crippen molar-refractivity contribution in [3.63, 3.8) is 0 Å². The van der Waals surface area contributed by atoms with Gasteiger partial charge in [0, 0.05) is 23.2 Å². The minimum absolute atomic E-state index is 0.256. The average Bonchev–Trinajstić information content (AvgIpc) is 2.96. The lowest BCUT2D eigenvalue weighted by molar-refractivity contribution is -0.137. The number of hydrogen-bond acceptors (Lipinski definition) is 3. The Bertz CT molecular complexity index is 1590. The first-order valence-electron chi connectivity index (χ1n) is 14.3. The molecule has 4 aromatic rings. The van der Waals surface area contributed by atoms with Crippen LogP contribution in [0.3, 0.4) is 0 Å². The third-order valence-electron chi connectivity index (χ3n) is 7.46. The number of carboxylic acid groups (broad SMARTS) is 1. The number of aryl methyl sites for hydroxylation is 2. The first-order chi connectivity index (χ1) is 20.2. The summed E-state index contributed by atoms with van der Waals surface area (Å²) < 4.78 is 1.50. The maximum atomic E-state index is 13.8. The number of amides is 1. The predicted octanol–water partition coefficient (Wildman–Crippen LogP) is 7.44. The van der Waals surface area contributed by atoms with Gasteiger partial charge in [-0.25, -0.2) is 0 Å². The van der Waals surface area contributed by atoms with Gasteiger partial charge in [0.2, 0.25) is 5.91 Å². The Hall–Kier alpha value is -4.16. The second-order valence-electron chi connectivity index (χ2n) is 10.8. The van der Waals surface area contributed by atoms with Gasteiger partial charge in [-0.15, -0.1) is 0 Å². The van der Waals surface area contributed by atoms with Gasteiger partial charge in [-0.3, -0.25) is 14.4 Å². The average molecular weight is 585 g/mol. The minimum atomic E-state index is -1.03. The quantitative estimate of drug-likeness (QED) is 0.181. The van der Waals surface area contributed by atoms with Crippen molar-refractivity contribution in [1.82, 2.24) is 9.88 Å². The van der Waals surface area contributed by atoms with E-state index in [1.54, 1.807) is 12.3 Å². The molecule has 1 aromatic heterocycles. The van der Waals surface area contributed by atoms with E-state index >= 15 is 0 Å². The van der Waals surface area contributed by atoms with Gasteiger partial charge in [0.15, 0.2) is 0 Å². The van der Waals surface area contributed by atoms with Crippen LogP contribution in [0.4, 0.5) is 0 Å². The number of benzene rings is 3. The van der Waals surface area contributed by atoms with E-state index in [9.17, 15) is 19.5 Å². The van der Waals surface area contributed by atoms with Gasteiger partial charge in [0.05, 0.1) is 12.5 Å². The fourth-order valence-corrected chi connectivity index (χ4v) is 5.37. The molecule has 0 saturated heterocycles. The SMILES string of the molecule is CCCC[C@@H](C(=O)N[C@@H](CC(=O)O)c1ccc(-c2ccc(C)cc2)cc1)n1cc(C)cc(Cc2ccccc2Cl)c1=O. The van der Waals surface area contributed by atoms with Crippen molar-refractivity contribution in [2.75, 3.05) is 0 Å². The van der Waals surface area contributed by atoms with Gasteiger partial charge in [0.1, 0.15) is 6.04 Å². The second kappa shape index (κ2) is 14.1. The summed E-state index contributed by atoms with van der Waals surface area (Å²) in [6.07, 6.45) is 3.79. The molecule has 0 saturated carbocycles. The zero-order valence-corrected chi connectivity index (χ0v) is 25.0. The van der Waals surface area contributed by atoms with E-state index in [-0.39, 0.29) is 17.9 Å². The molecular weight excluding hydrogens is 548 g/mol. The van der Waals surface area contributed by atoms with E-state index in [1.807, 2.05) is 93.6 Å². The molecule has 0 fully saturated rings. The van der Waals surface area contributed by atoms with E-state index in [1.165, 1.54) is 10.1 Å². The van der Waals surface area contributed by atoms with Crippen molar-refractivity contribution < 1.29 is 14.7 Å². The summed E-state index contributed by atoms with van der Waals surface area (Å²) in [5.74, 6) is -1.41. The molecule has 3 aromatic carbocycles. The highest BCUT2D eigenvalue weighted by Gasteiger charge is 2.26. The molecule has 42 heavy (non-hydrogen) atoms. The number of nitrogens with one attached hydrogen (secondary N) is 1. The Balaban J connectivity index is 1.64. The smallest absolute Gasteiger partial charge is 0.305 e. The van der Waals surface area contributed by atoms with Crippen LogP contribution in [0.2, 0.25) is 5.02 Å². The van der Waals surface area contributed by atoms with Crippen LogP contribution in [0, 0.1) is 13.8 Å². The summed E-state index contributed by atoms with van der Waals surface area (Å²) in [5, 5.41) is 13.2. The van der Waals surface area contributed by atoms with E-state index in [4.69, 9.17) is 11.6 Å². The van der Waals surface area contributed by atoms with Crippen molar-refractivity contribution in [3.05, 3.63) is 128 Å². The van der Waals surface area contributed by atoms with Gasteiger partial charge in [0.25, 0.3) is 5.56 Å². The molecule has 0 aliphatic heterocycles. The number of nitrogens with zero attached hydrogens (tertiary/aromatic N) is 1. The largest absolute Gasteiger partial charge is 0.481 e. The zero-order valence-electron chi connectivity index (χ0n) is 24.3. The molecule has 7 heteroatoms. The Labute approximate surface area is 252 Å². The van der Waals surface area contributed by atoms with Crippen LogP contribution in [-0.4, -0.2) is 21.6 Å². The van der Waals surface area contributed by atoms with Crippen molar-refractivity contribution in [2.45, 2.75) is 65.0 Å². The van der Waals surface area contributed by atoms with Gasteiger partial charge >= 0.3 is 5.97 Å². The molecule has 1 heterocycles. The number of unbranched alkanes of at least 4 members (excludes halogenated alkanes) is 1. The highest BCUT2D eigenvalue weighted by atomic mass is 35.5. The summed E-state index contributed by atoms with van der Waals surface area (Å²) >= 11 is 6.37. The molecule has 2 atom stereocenters.